The molecule has 0 radical (unpaired) electrons. The molecule has 2 aromatic carbocycles. The Balaban J connectivity index is 2.09. The van der Waals surface area contributed by atoms with E-state index in [1.807, 2.05) is 24.3 Å². The van der Waals surface area contributed by atoms with E-state index in [1.54, 1.807) is 12.1 Å². The lowest BCUT2D eigenvalue weighted by atomic mass is 9.71. The maximum absolute atomic E-state index is 9.59. The number of unbranched alkanes of at least 4 members (excludes halogenated alkanes) is 3. The highest BCUT2D eigenvalue weighted by atomic mass is 16.4. The second-order valence-electron chi connectivity index (χ2n) is 7.50. The van der Waals surface area contributed by atoms with Crippen LogP contribution < -0.4 is 10.9 Å². The van der Waals surface area contributed by atoms with Gasteiger partial charge in [0, 0.05) is 5.41 Å². The molecule has 0 heterocycles. The third-order valence-electron chi connectivity index (χ3n) is 5.69. The van der Waals surface area contributed by atoms with Crippen molar-refractivity contribution < 1.29 is 20.1 Å². The topological polar surface area (TPSA) is 80.9 Å². The molecule has 4 N–H and O–H groups in total. The molecule has 1 aliphatic rings. The van der Waals surface area contributed by atoms with Crippen LogP contribution in [-0.2, 0) is 5.41 Å². The van der Waals surface area contributed by atoms with Crippen molar-refractivity contribution in [1.82, 2.24) is 0 Å². The number of rotatable bonds is 7. The monoisotopic (exact) mass is 352 g/mol. The summed E-state index contributed by atoms with van der Waals surface area (Å²) in [5.41, 5.74) is 5.02. The second kappa shape index (κ2) is 7.57. The van der Waals surface area contributed by atoms with Crippen LogP contribution in [0.25, 0.3) is 11.1 Å². The highest BCUT2D eigenvalue weighted by molar-refractivity contribution is 6.59. The minimum Gasteiger partial charge on any atom is -0.423 e. The maximum Gasteiger partial charge on any atom is 0.488 e. The predicted octanol–water partition coefficient (Wildman–Crippen LogP) is 1.30. The fraction of sp³-hybridized carbons (Fsp3) is 0.400. The SMILES string of the molecule is CCCCCCC1(C)c2cc(B(O)O)ccc2-c2ccc(B(O)O)cc21. The molecule has 0 aliphatic heterocycles. The number of benzene rings is 2. The van der Waals surface area contributed by atoms with Gasteiger partial charge in [-0.1, -0.05) is 75.9 Å². The van der Waals surface area contributed by atoms with Gasteiger partial charge in [-0.15, -0.1) is 0 Å². The van der Waals surface area contributed by atoms with E-state index in [9.17, 15) is 20.1 Å². The minimum absolute atomic E-state index is 0.284. The van der Waals surface area contributed by atoms with E-state index in [1.165, 1.54) is 12.8 Å². The lowest BCUT2D eigenvalue weighted by molar-refractivity contribution is 0.424. The van der Waals surface area contributed by atoms with Gasteiger partial charge in [0.2, 0.25) is 0 Å². The molecule has 136 valence electrons. The number of hydrogen-bond acceptors (Lipinski definition) is 4. The molecule has 0 unspecified atom stereocenters. The standard InChI is InChI=1S/C20H26B2O4/c1-3-4-5-6-11-20(2)18-12-14(21(23)24)7-9-16(18)17-10-8-15(22(25)26)13-19(17)20/h7-10,12-13,23-26H,3-6,11H2,1-2H3. The molecule has 0 aromatic heterocycles. The van der Waals surface area contributed by atoms with Crippen LogP contribution in [-0.4, -0.2) is 34.3 Å². The zero-order valence-electron chi connectivity index (χ0n) is 15.4. The molecular formula is C20H26B2O4. The quantitative estimate of drug-likeness (QED) is 0.448. The molecule has 0 saturated carbocycles. The van der Waals surface area contributed by atoms with Gasteiger partial charge < -0.3 is 20.1 Å². The molecule has 0 atom stereocenters. The fourth-order valence-corrected chi connectivity index (χ4v) is 4.15. The first-order valence-electron chi connectivity index (χ1n) is 9.40. The number of hydrogen-bond donors (Lipinski definition) is 4. The van der Waals surface area contributed by atoms with E-state index >= 15 is 0 Å². The highest BCUT2D eigenvalue weighted by Gasteiger charge is 2.40. The van der Waals surface area contributed by atoms with Crippen molar-refractivity contribution in [3.05, 3.63) is 47.5 Å². The Kier molecular flexibility index (Phi) is 5.58. The third-order valence-corrected chi connectivity index (χ3v) is 5.69. The zero-order chi connectivity index (χ0) is 18.9. The van der Waals surface area contributed by atoms with Crippen molar-refractivity contribution in [2.75, 3.05) is 0 Å². The average molecular weight is 352 g/mol. The molecular weight excluding hydrogens is 326 g/mol. The van der Waals surface area contributed by atoms with E-state index in [0.29, 0.717) is 10.9 Å². The average Bonchev–Trinajstić information content (AvgIpc) is 2.87. The van der Waals surface area contributed by atoms with Gasteiger partial charge in [-0.05, 0) is 39.6 Å². The first-order chi connectivity index (χ1) is 12.4. The summed E-state index contributed by atoms with van der Waals surface area (Å²) in [7, 11) is -2.99. The van der Waals surface area contributed by atoms with Crippen molar-refractivity contribution in [2.24, 2.45) is 0 Å². The van der Waals surface area contributed by atoms with Gasteiger partial charge >= 0.3 is 14.2 Å². The Morgan fingerprint density at radius 3 is 1.69 bits per heavy atom. The van der Waals surface area contributed by atoms with Crippen molar-refractivity contribution in [3.8, 4) is 11.1 Å². The van der Waals surface area contributed by atoms with E-state index in [-0.39, 0.29) is 5.41 Å². The molecule has 1 aliphatic carbocycles. The lowest BCUT2D eigenvalue weighted by Crippen LogP contribution is -2.33. The summed E-state index contributed by atoms with van der Waals surface area (Å²) in [5.74, 6) is 0. The van der Waals surface area contributed by atoms with E-state index in [2.05, 4.69) is 13.8 Å². The molecule has 4 nitrogen and oxygen atoms in total. The Bertz CT molecular complexity index is 732. The van der Waals surface area contributed by atoms with Gasteiger partial charge in [0.05, 0.1) is 0 Å². The van der Waals surface area contributed by atoms with Crippen molar-refractivity contribution in [2.45, 2.75) is 51.4 Å². The van der Waals surface area contributed by atoms with Crippen molar-refractivity contribution >= 4 is 25.2 Å². The summed E-state index contributed by atoms with van der Waals surface area (Å²) in [6, 6.07) is 11.1. The van der Waals surface area contributed by atoms with Crippen LogP contribution >= 0.6 is 0 Å². The fourth-order valence-electron chi connectivity index (χ4n) is 4.15. The lowest BCUT2D eigenvalue weighted by Gasteiger charge is -2.28. The van der Waals surface area contributed by atoms with Crippen LogP contribution in [0.2, 0.25) is 0 Å². The van der Waals surface area contributed by atoms with Gasteiger partial charge in [0.15, 0.2) is 0 Å². The molecule has 0 fully saturated rings. The first-order valence-corrected chi connectivity index (χ1v) is 9.40. The van der Waals surface area contributed by atoms with Crippen LogP contribution in [0.5, 0.6) is 0 Å². The van der Waals surface area contributed by atoms with Crippen LogP contribution in [0.3, 0.4) is 0 Å². The number of fused-ring (bicyclic) bond motifs is 3. The normalized spacial score (nSPS) is 14.1. The molecule has 3 rings (SSSR count). The predicted molar refractivity (Wildman–Crippen MR) is 107 cm³/mol. The zero-order valence-corrected chi connectivity index (χ0v) is 15.4. The summed E-state index contributed by atoms with van der Waals surface area (Å²) in [4.78, 5) is 0. The Morgan fingerprint density at radius 1 is 0.769 bits per heavy atom. The van der Waals surface area contributed by atoms with Crippen molar-refractivity contribution in [3.63, 3.8) is 0 Å². The molecule has 0 saturated heterocycles. The highest BCUT2D eigenvalue weighted by Crippen LogP contribution is 2.50. The smallest absolute Gasteiger partial charge is 0.423 e. The Morgan fingerprint density at radius 2 is 1.27 bits per heavy atom. The van der Waals surface area contributed by atoms with Gasteiger partial charge in [-0.2, -0.15) is 0 Å². The third kappa shape index (κ3) is 3.35. The molecule has 6 heteroatoms. The summed E-state index contributed by atoms with van der Waals surface area (Å²) in [6.07, 6.45) is 5.53. The maximum atomic E-state index is 9.59. The second-order valence-corrected chi connectivity index (χ2v) is 7.50. The van der Waals surface area contributed by atoms with Gasteiger partial charge in [0.25, 0.3) is 0 Å². The van der Waals surface area contributed by atoms with E-state index < -0.39 is 14.2 Å². The van der Waals surface area contributed by atoms with Crippen LogP contribution in [0.15, 0.2) is 36.4 Å². The Labute approximate surface area is 155 Å². The first kappa shape index (κ1) is 19.2. The van der Waals surface area contributed by atoms with E-state index in [4.69, 9.17) is 0 Å². The van der Waals surface area contributed by atoms with Crippen molar-refractivity contribution in [1.29, 1.82) is 0 Å². The Hall–Kier alpha value is -1.59. The summed E-state index contributed by atoms with van der Waals surface area (Å²) < 4.78 is 0. The summed E-state index contributed by atoms with van der Waals surface area (Å²) in [6.45, 7) is 4.36. The minimum atomic E-state index is -1.50. The van der Waals surface area contributed by atoms with Gasteiger partial charge in [0.1, 0.15) is 0 Å². The molecule has 26 heavy (non-hydrogen) atoms. The molecule has 0 spiro atoms. The van der Waals surface area contributed by atoms with Gasteiger partial charge in [-0.25, -0.2) is 0 Å². The van der Waals surface area contributed by atoms with Crippen LogP contribution in [0.1, 0.15) is 57.1 Å². The summed E-state index contributed by atoms with van der Waals surface area (Å²) >= 11 is 0. The van der Waals surface area contributed by atoms with Crippen LogP contribution in [0, 0.1) is 0 Å². The largest absolute Gasteiger partial charge is 0.488 e. The molecule has 2 aromatic rings. The summed E-state index contributed by atoms with van der Waals surface area (Å²) in [5, 5.41) is 38.4. The molecule has 0 amide bonds. The van der Waals surface area contributed by atoms with E-state index in [0.717, 1.165) is 41.5 Å². The van der Waals surface area contributed by atoms with Gasteiger partial charge in [-0.3, -0.25) is 0 Å². The molecule has 0 bridgehead atoms. The van der Waals surface area contributed by atoms with Crippen LogP contribution in [0.4, 0.5) is 0 Å².